The van der Waals surface area contributed by atoms with Gasteiger partial charge in [0.2, 0.25) is 0 Å². The maximum Gasteiger partial charge on any atom is 0.258 e. The van der Waals surface area contributed by atoms with E-state index in [4.69, 9.17) is 21.1 Å². The van der Waals surface area contributed by atoms with Gasteiger partial charge in [-0.15, -0.1) is 0 Å². The number of carbonyl (C=O) groups excluding carboxylic acids is 1. The first kappa shape index (κ1) is 36.9. The summed E-state index contributed by atoms with van der Waals surface area (Å²) < 4.78 is 13.7. The van der Waals surface area contributed by atoms with E-state index in [0.29, 0.717) is 41.8 Å². The van der Waals surface area contributed by atoms with Crippen LogP contribution in [0.3, 0.4) is 0 Å². The third kappa shape index (κ3) is 13.1. The number of pyridine rings is 1. The standard InChI is InChI=1S/C36H50ClN2O3.HI/c1-4-6-7-8-9-10-11-12-13-16-25-42-35-22-21-30(26-33(35)37)28-39(29-31-18-17-24-38(27-31)23-5-2)36(40)32-19-14-15-20-34(32)41-3;/h14-15,17-22,24,26-27H,4-13,16,23,25,28-29H2,1-3H3;1H/q+1;/p-1. The molecule has 1 amide bonds. The lowest BCUT2D eigenvalue weighted by Crippen LogP contribution is -3.00. The largest absolute Gasteiger partial charge is 1.00 e. The molecule has 0 unspecified atom stereocenters. The van der Waals surface area contributed by atoms with Crippen LogP contribution in [0.5, 0.6) is 11.5 Å². The molecule has 7 heteroatoms. The fourth-order valence-electron chi connectivity index (χ4n) is 5.23. The third-order valence-electron chi connectivity index (χ3n) is 7.52. The van der Waals surface area contributed by atoms with Gasteiger partial charge in [-0.05, 0) is 42.3 Å². The lowest BCUT2D eigenvalue weighted by Gasteiger charge is -2.24. The summed E-state index contributed by atoms with van der Waals surface area (Å²) in [6.45, 7) is 6.91. The van der Waals surface area contributed by atoms with Crippen molar-refractivity contribution >= 4 is 17.5 Å². The predicted molar refractivity (Wildman–Crippen MR) is 172 cm³/mol. The maximum atomic E-state index is 13.8. The summed E-state index contributed by atoms with van der Waals surface area (Å²) in [5.41, 5.74) is 2.56. The number of ether oxygens (including phenoxy) is 2. The molecule has 0 aliphatic rings. The summed E-state index contributed by atoms with van der Waals surface area (Å²) in [7, 11) is 1.59. The molecule has 0 radical (unpaired) electrons. The van der Waals surface area contributed by atoms with Crippen molar-refractivity contribution in [3.63, 3.8) is 0 Å². The van der Waals surface area contributed by atoms with E-state index < -0.39 is 0 Å². The van der Waals surface area contributed by atoms with Gasteiger partial charge in [0.05, 0.1) is 30.8 Å². The molecule has 0 saturated heterocycles. The molecular weight excluding hydrogens is 671 g/mol. The van der Waals surface area contributed by atoms with Crippen LogP contribution in [0.1, 0.15) is 106 Å². The van der Waals surface area contributed by atoms with Crippen LogP contribution in [0.15, 0.2) is 67.0 Å². The van der Waals surface area contributed by atoms with Crippen molar-refractivity contribution in [2.45, 2.75) is 104 Å². The Morgan fingerprint density at radius 2 is 1.47 bits per heavy atom. The molecule has 0 saturated carbocycles. The van der Waals surface area contributed by atoms with Crippen molar-refractivity contribution in [2.24, 2.45) is 0 Å². The van der Waals surface area contributed by atoms with Crippen LogP contribution in [-0.4, -0.2) is 24.5 Å². The molecule has 1 aromatic heterocycles. The molecule has 0 atom stereocenters. The first-order valence-corrected chi connectivity index (χ1v) is 16.2. The number of methoxy groups -OCH3 is 1. The van der Waals surface area contributed by atoms with Gasteiger partial charge in [0.15, 0.2) is 12.4 Å². The first-order chi connectivity index (χ1) is 20.5. The van der Waals surface area contributed by atoms with E-state index in [1.54, 1.807) is 7.11 Å². The Morgan fingerprint density at radius 3 is 2.14 bits per heavy atom. The van der Waals surface area contributed by atoms with Crippen molar-refractivity contribution in [2.75, 3.05) is 13.7 Å². The zero-order valence-electron chi connectivity index (χ0n) is 26.3. The Morgan fingerprint density at radius 1 is 0.791 bits per heavy atom. The van der Waals surface area contributed by atoms with E-state index in [1.165, 1.54) is 57.8 Å². The highest BCUT2D eigenvalue weighted by Crippen LogP contribution is 2.28. The van der Waals surface area contributed by atoms with Gasteiger partial charge in [-0.3, -0.25) is 4.79 Å². The Hall–Kier alpha value is -2.32. The number of benzene rings is 2. The van der Waals surface area contributed by atoms with Crippen molar-refractivity contribution < 1.29 is 42.8 Å². The Balaban J connectivity index is 0.00000645. The SMILES string of the molecule is CCCCCCCCCCCCOc1ccc(CN(Cc2ccc[n+](CCC)c2)C(=O)c2ccccc2OC)cc1Cl.[I-]. The quantitative estimate of drug-likeness (QED) is 0.0795. The highest BCUT2D eigenvalue weighted by Gasteiger charge is 2.21. The molecule has 3 rings (SSSR count). The number of unbranched alkanes of at least 4 members (excludes halogenated alkanes) is 9. The van der Waals surface area contributed by atoms with E-state index in [0.717, 1.165) is 30.5 Å². The monoisotopic (exact) mass is 720 g/mol. The van der Waals surface area contributed by atoms with E-state index in [9.17, 15) is 4.79 Å². The number of aromatic nitrogens is 1. The summed E-state index contributed by atoms with van der Waals surface area (Å²) in [6.07, 6.45) is 18.2. The van der Waals surface area contributed by atoms with Gasteiger partial charge in [-0.1, -0.05) is 101 Å². The molecule has 0 aliphatic carbocycles. The fourth-order valence-corrected chi connectivity index (χ4v) is 5.49. The van der Waals surface area contributed by atoms with Gasteiger partial charge in [-0.25, -0.2) is 4.57 Å². The second kappa shape index (κ2) is 21.4. The van der Waals surface area contributed by atoms with Crippen LogP contribution in [-0.2, 0) is 19.6 Å². The molecule has 0 aliphatic heterocycles. The predicted octanol–water partition coefficient (Wildman–Crippen LogP) is 6.19. The van der Waals surface area contributed by atoms with Crippen LogP contribution in [0.2, 0.25) is 5.02 Å². The summed E-state index contributed by atoms with van der Waals surface area (Å²) in [6, 6.07) is 17.3. The van der Waals surface area contributed by atoms with Crippen LogP contribution in [0.4, 0.5) is 0 Å². The zero-order chi connectivity index (χ0) is 30.0. The minimum Gasteiger partial charge on any atom is -1.00 e. The lowest BCUT2D eigenvalue weighted by atomic mass is 10.1. The van der Waals surface area contributed by atoms with Gasteiger partial charge >= 0.3 is 0 Å². The van der Waals surface area contributed by atoms with E-state index in [1.807, 2.05) is 53.4 Å². The molecular formula is C36H50ClIN2O3. The average Bonchev–Trinajstić information content (AvgIpc) is 3.00. The third-order valence-corrected chi connectivity index (χ3v) is 7.82. The number of nitrogens with zero attached hydrogens (tertiary/aromatic N) is 2. The van der Waals surface area contributed by atoms with Gasteiger partial charge in [0, 0.05) is 24.6 Å². The number of para-hydroxylation sites is 1. The molecule has 0 spiro atoms. The highest BCUT2D eigenvalue weighted by atomic mass is 127. The van der Waals surface area contributed by atoms with E-state index in [-0.39, 0.29) is 29.9 Å². The van der Waals surface area contributed by atoms with Crippen LogP contribution in [0.25, 0.3) is 0 Å². The smallest absolute Gasteiger partial charge is 0.258 e. The van der Waals surface area contributed by atoms with Crippen LogP contribution >= 0.6 is 11.6 Å². The maximum absolute atomic E-state index is 13.8. The number of amides is 1. The van der Waals surface area contributed by atoms with Crippen molar-refractivity contribution in [1.82, 2.24) is 4.90 Å². The summed E-state index contributed by atoms with van der Waals surface area (Å²) in [4.78, 5) is 15.7. The first-order valence-electron chi connectivity index (χ1n) is 15.9. The Kier molecular flexibility index (Phi) is 18.3. The topological polar surface area (TPSA) is 42.7 Å². The minimum atomic E-state index is -0.0873. The number of carbonyl (C=O) groups is 1. The molecule has 3 aromatic rings. The Labute approximate surface area is 282 Å². The van der Waals surface area contributed by atoms with Gasteiger partial charge < -0.3 is 38.4 Å². The van der Waals surface area contributed by atoms with Crippen molar-refractivity contribution in [3.8, 4) is 11.5 Å². The molecule has 5 nitrogen and oxygen atoms in total. The van der Waals surface area contributed by atoms with E-state index in [2.05, 4.69) is 36.9 Å². The molecule has 0 N–H and O–H groups in total. The molecule has 2 aromatic carbocycles. The highest BCUT2D eigenvalue weighted by molar-refractivity contribution is 6.32. The van der Waals surface area contributed by atoms with Crippen LogP contribution < -0.4 is 38.0 Å². The number of hydrogen-bond acceptors (Lipinski definition) is 3. The molecule has 43 heavy (non-hydrogen) atoms. The summed E-state index contributed by atoms with van der Waals surface area (Å²) >= 11 is 6.65. The van der Waals surface area contributed by atoms with Gasteiger partial charge in [-0.2, -0.15) is 0 Å². The number of rotatable bonds is 20. The van der Waals surface area contributed by atoms with E-state index >= 15 is 0 Å². The Bertz CT molecular complexity index is 1220. The minimum absolute atomic E-state index is 0. The summed E-state index contributed by atoms with van der Waals surface area (Å²) in [5, 5.41) is 0.574. The number of hydrogen-bond donors (Lipinski definition) is 0. The van der Waals surface area contributed by atoms with Crippen molar-refractivity contribution in [1.29, 1.82) is 0 Å². The van der Waals surface area contributed by atoms with Gasteiger partial charge in [0.25, 0.3) is 5.91 Å². The molecule has 0 bridgehead atoms. The van der Waals surface area contributed by atoms with Gasteiger partial charge in [0.1, 0.15) is 18.0 Å². The van der Waals surface area contributed by atoms with Crippen LogP contribution in [0, 0.1) is 0 Å². The number of halogens is 2. The normalized spacial score (nSPS) is 10.7. The van der Waals surface area contributed by atoms with Crippen molar-refractivity contribution in [3.05, 3.63) is 88.7 Å². The molecule has 0 fully saturated rings. The molecule has 1 heterocycles. The average molecular weight is 721 g/mol. The summed E-state index contributed by atoms with van der Waals surface area (Å²) in [5.74, 6) is 1.17. The second-order valence-corrected chi connectivity index (χ2v) is 11.5. The molecule has 236 valence electrons. The zero-order valence-corrected chi connectivity index (χ0v) is 29.2. The second-order valence-electron chi connectivity index (χ2n) is 11.1. The lowest BCUT2D eigenvalue weighted by molar-refractivity contribution is -0.697. The fraction of sp³-hybridized carbons (Fsp3) is 0.500. The number of aryl methyl sites for hydroxylation is 1.